The molecule has 0 N–H and O–H groups in total. The van der Waals surface area contributed by atoms with Crippen molar-refractivity contribution in [3.8, 4) is 5.75 Å². The van der Waals surface area contributed by atoms with Crippen LogP contribution < -0.4 is 4.74 Å². The Kier molecular flexibility index (Phi) is 4.12. The fourth-order valence-corrected chi connectivity index (χ4v) is 3.03. The van der Waals surface area contributed by atoms with Gasteiger partial charge in [-0.2, -0.15) is 18.9 Å². The Morgan fingerprint density at radius 1 is 0.889 bits per heavy atom. The van der Waals surface area contributed by atoms with Crippen LogP contribution in [0.1, 0.15) is 26.3 Å². The van der Waals surface area contributed by atoms with Crippen molar-refractivity contribution in [2.75, 3.05) is 0 Å². The van der Waals surface area contributed by atoms with Crippen LogP contribution >= 0.6 is 0 Å². The molecule has 5 nitrogen and oxygen atoms in total. The number of carbonyl (C=O) groups excluding carboxylic acids is 2. The Hall–Kier alpha value is -3.61. The summed E-state index contributed by atoms with van der Waals surface area (Å²) in [5, 5.41) is 6.06. The molecule has 1 heterocycles. The Balaban J connectivity index is 1.74. The minimum absolute atomic E-state index is 0.101. The Morgan fingerprint density at radius 3 is 2.15 bits per heavy atom. The molecule has 2 amide bonds. The van der Waals surface area contributed by atoms with Crippen molar-refractivity contribution in [2.45, 2.75) is 6.61 Å². The van der Waals surface area contributed by atoms with Gasteiger partial charge in [0.15, 0.2) is 0 Å². The number of alkyl halides is 2. The first-order valence-corrected chi connectivity index (χ1v) is 8.04. The zero-order chi connectivity index (χ0) is 19.0. The molecule has 0 saturated heterocycles. The molecule has 0 saturated carbocycles. The van der Waals surface area contributed by atoms with E-state index in [4.69, 9.17) is 0 Å². The Morgan fingerprint density at radius 2 is 1.52 bits per heavy atom. The molecule has 0 spiro atoms. The number of hydrogen-bond donors (Lipinski definition) is 0. The molecule has 1 aliphatic rings. The average molecular weight is 366 g/mol. The van der Waals surface area contributed by atoms with Crippen molar-refractivity contribution in [2.24, 2.45) is 5.10 Å². The van der Waals surface area contributed by atoms with Gasteiger partial charge in [-0.1, -0.05) is 36.4 Å². The topological polar surface area (TPSA) is 59.0 Å². The van der Waals surface area contributed by atoms with Crippen molar-refractivity contribution >= 4 is 28.8 Å². The maximum Gasteiger partial charge on any atom is 0.387 e. The molecule has 134 valence electrons. The number of amides is 2. The van der Waals surface area contributed by atoms with E-state index in [2.05, 4.69) is 9.84 Å². The highest BCUT2D eigenvalue weighted by molar-refractivity contribution is 6.25. The largest absolute Gasteiger partial charge is 0.434 e. The van der Waals surface area contributed by atoms with Crippen LogP contribution in [0.25, 0.3) is 10.8 Å². The van der Waals surface area contributed by atoms with E-state index in [-0.39, 0.29) is 11.3 Å². The number of carbonyl (C=O) groups is 2. The van der Waals surface area contributed by atoms with Crippen molar-refractivity contribution in [3.63, 3.8) is 0 Å². The van der Waals surface area contributed by atoms with Gasteiger partial charge in [-0.3, -0.25) is 9.59 Å². The number of para-hydroxylation sites is 1. The average Bonchev–Trinajstić information content (AvgIpc) is 2.66. The molecular weight excluding hydrogens is 354 g/mol. The van der Waals surface area contributed by atoms with Gasteiger partial charge in [0.25, 0.3) is 11.8 Å². The fourth-order valence-electron chi connectivity index (χ4n) is 3.03. The molecule has 0 bridgehead atoms. The van der Waals surface area contributed by atoms with Gasteiger partial charge in [0.1, 0.15) is 5.75 Å². The van der Waals surface area contributed by atoms with Crippen LogP contribution in [0.5, 0.6) is 5.75 Å². The summed E-state index contributed by atoms with van der Waals surface area (Å²) in [5.74, 6) is -1.25. The third-order valence-corrected chi connectivity index (χ3v) is 4.20. The highest BCUT2D eigenvalue weighted by atomic mass is 19.3. The zero-order valence-corrected chi connectivity index (χ0v) is 13.8. The monoisotopic (exact) mass is 366 g/mol. The molecule has 7 heteroatoms. The summed E-state index contributed by atoms with van der Waals surface area (Å²) in [4.78, 5) is 25.5. The number of halogens is 2. The van der Waals surface area contributed by atoms with Crippen LogP contribution in [0.2, 0.25) is 0 Å². The quantitative estimate of drug-likeness (QED) is 0.517. The van der Waals surface area contributed by atoms with Crippen LogP contribution in [-0.2, 0) is 0 Å². The van der Waals surface area contributed by atoms with Gasteiger partial charge in [0.05, 0.1) is 17.3 Å². The third-order valence-electron chi connectivity index (χ3n) is 4.20. The van der Waals surface area contributed by atoms with Gasteiger partial charge < -0.3 is 4.74 Å². The van der Waals surface area contributed by atoms with E-state index in [1.54, 1.807) is 30.3 Å². The SMILES string of the molecule is O=C1c2cccc3cccc(c23)C(=O)N1/N=C\c1ccccc1OC(F)F. The van der Waals surface area contributed by atoms with Gasteiger partial charge in [-0.25, -0.2) is 0 Å². The first-order chi connectivity index (χ1) is 13.1. The summed E-state index contributed by atoms with van der Waals surface area (Å²) in [6.45, 7) is -3.00. The Bertz CT molecular complexity index is 1040. The second-order valence-corrected chi connectivity index (χ2v) is 5.79. The smallest absolute Gasteiger partial charge is 0.387 e. The van der Waals surface area contributed by atoms with Gasteiger partial charge in [0.2, 0.25) is 0 Å². The van der Waals surface area contributed by atoms with Gasteiger partial charge >= 0.3 is 6.61 Å². The number of imide groups is 1. The van der Waals surface area contributed by atoms with Crippen LogP contribution in [0.15, 0.2) is 65.8 Å². The zero-order valence-electron chi connectivity index (χ0n) is 13.8. The molecule has 0 fully saturated rings. The van der Waals surface area contributed by atoms with Gasteiger partial charge in [0, 0.05) is 10.9 Å². The standard InChI is InChI=1S/C20H12F2N2O3/c21-20(22)27-16-10-2-1-5-13(16)11-23-24-18(25)14-8-3-6-12-7-4-9-15(17(12)14)19(24)26/h1-11,20H/b23-11-. The molecule has 0 unspecified atom stereocenters. The molecule has 1 aliphatic heterocycles. The van der Waals surface area contributed by atoms with Crippen molar-refractivity contribution in [1.29, 1.82) is 0 Å². The van der Waals surface area contributed by atoms with E-state index in [0.29, 0.717) is 16.5 Å². The van der Waals surface area contributed by atoms with E-state index in [9.17, 15) is 18.4 Å². The van der Waals surface area contributed by atoms with Crippen molar-refractivity contribution in [3.05, 3.63) is 77.4 Å². The minimum Gasteiger partial charge on any atom is -0.434 e. The van der Waals surface area contributed by atoms with E-state index in [0.717, 1.165) is 16.6 Å². The minimum atomic E-state index is -3.00. The van der Waals surface area contributed by atoms with Crippen LogP contribution in [0.3, 0.4) is 0 Å². The number of hydrazone groups is 1. The van der Waals surface area contributed by atoms with E-state index in [1.165, 1.54) is 18.2 Å². The summed E-state index contributed by atoms with van der Waals surface area (Å²) in [6, 6.07) is 16.3. The molecule has 0 radical (unpaired) electrons. The fraction of sp³-hybridized carbons (Fsp3) is 0.0500. The summed E-state index contributed by atoms with van der Waals surface area (Å²) in [5.41, 5.74) is 0.935. The molecular formula is C20H12F2N2O3. The Labute approximate surface area is 152 Å². The first kappa shape index (κ1) is 16.8. The predicted octanol–water partition coefficient (Wildman–Crippen LogP) is 4.07. The van der Waals surface area contributed by atoms with Gasteiger partial charge in [-0.15, -0.1) is 0 Å². The number of hydrogen-bond acceptors (Lipinski definition) is 4. The molecule has 0 aliphatic carbocycles. The number of benzene rings is 3. The van der Waals surface area contributed by atoms with E-state index in [1.807, 2.05) is 12.1 Å². The lowest BCUT2D eigenvalue weighted by Crippen LogP contribution is -2.36. The summed E-state index contributed by atoms with van der Waals surface area (Å²) in [6.07, 6.45) is 1.15. The van der Waals surface area contributed by atoms with E-state index >= 15 is 0 Å². The molecule has 27 heavy (non-hydrogen) atoms. The lowest BCUT2D eigenvalue weighted by molar-refractivity contribution is -0.0499. The molecule has 3 aromatic rings. The summed E-state index contributed by atoms with van der Waals surface area (Å²) in [7, 11) is 0. The molecule has 4 rings (SSSR count). The molecule has 3 aromatic carbocycles. The summed E-state index contributed by atoms with van der Waals surface area (Å²) >= 11 is 0. The summed E-state index contributed by atoms with van der Waals surface area (Å²) < 4.78 is 29.5. The highest BCUT2D eigenvalue weighted by Crippen LogP contribution is 2.30. The lowest BCUT2D eigenvalue weighted by Gasteiger charge is -2.23. The van der Waals surface area contributed by atoms with Crippen LogP contribution in [0, 0.1) is 0 Å². The maximum atomic E-state index is 12.7. The van der Waals surface area contributed by atoms with Crippen LogP contribution in [-0.4, -0.2) is 29.6 Å². The van der Waals surface area contributed by atoms with Crippen molar-refractivity contribution in [1.82, 2.24) is 5.01 Å². The third kappa shape index (κ3) is 2.93. The number of rotatable bonds is 4. The van der Waals surface area contributed by atoms with Crippen LogP contribution in [0.4, 0.5) is 8.78 Å². The lowest BCUT2D eigenvalue weighted by atomic mass is 9.95. The first-order valence-electron chi connectivity index (χ1n) is 8.04. The normalized spacial score (nSPS) is 13.8. The van der Waals surface area contributed by atoms with Gasteiger partial charge in [-0.05, 0) is 29.7 Å². The second-order valence-electron chi connectivity index (χ2n) is 5.79. The number of ether oxygens (including phenoxy) is 1. The molecule has 0 aromatic heterocycles. The second kappa shape index (κ2) is 6.60. The predicted molar refractivity (Wildman–Crippen MR) is 95.1 cm³/mol. The number of nitrogens with zero attached hydrogens (tertiary/aromatic N) is 2. The molecule has 0 atom stereocenters. The van der Waals surface area contributed by atoms with Crippen molar-refractivity contribution < 1.29 is 23.1 Å². The highest BCUT2D eigenvalue weighted by Gasteiger charge is 2.32. The maximum absolute atomic E-state index is 12.7. The van der Waals surface area contributed by atoms with E-state index < -0.39 is 18.4 Å².